The smallest absolute Gasteiger partial charge is 0.385 e. The standard InChI is InChI=1S/C18H20F3N3O4/c19-18(20,21)12-3-1-2-11(10-12)17(28)6-8-24(9-7-17)14(25)5-4-13-15(26)23-16(27)22-13/h1-3,10,13,28H,4-9H2,(H2,22,23,26,27)/t13-/m0/s1. The maximum absolute atomic E-state index is 12.9. The van der Waals surface area contributed by atoms with Crippen molar-refractivity contribution in [1.29, 1.82) is 0 Å². The van der Waals surface area contributed by atoms with Gasteiger partial charge in [0, 0.05) is 19.5 Å². The summed E-state index contributed by atoms with van der Waals surface area (Å²) in [6, 6.07) is 3.26. The molecule has 152 valence electrons. The number of alkyl halides is 3. The summed E-state index contributed by atoms with van der Waals surface area (Å²) in [5.41, 5.74) is -2.08. The van der Waals surface area contributed by atoms with Crippen LogP contribution in [0.15, 0.2) is 24.3 Å². The number of hydrogen-bond donors (Lipinski definition) is 3. The Bertz CT molecular complexity index is 789. The third-order valence-electron chi connectivity index (χ3n) is 5.18. The van der Waals surface area contributed by atoms with Crippen molar-refractivity contribution in [2.75, 3.05) is 13.1 Å². The van der Waals surface area contributed by atoms with Crippen LogP contribution in [0.1, 0.15) is 36.8 Å². The second-order valence-electron chi connectivity index (χ2n) is 7.04. The van der Waals surface area contributed by atoms with Gasteiger partial charge in [-0.2, -0.15) is 13.2 Å². The predicted octanol–water partition coefficient (Wildman–Crippen LogP) is 1.50. The molecule has 1 aromatic rings. The number of rotatable bonds is 4. The van der Waals surface area contributed by atoms with Crippen molar-refractivity contribution in [1.82, 2.24) is 15.5 Å². The highest BCUT2D eigenvalue weighted by Gasteiger charge is 2.38. The summed E-state index contributed by atoms with van der Waals surface area (Å²) in [7, 11) is 0. The molecular formula is C18H20F3N3O4. The van der Waals surface area contributed by atoms with Gasteiger partial charge in [-0.3, -0.25) is 14.9 Å². The monoisotopic (exact) mass is 399 g/mol. The van der Waals surface area contributed by atoms with Crippen LogP contribution in [0.2, 0.25) is 0 Å². The van der Waals surface area contributed by atoms with Gasteiger partial charge in [0.05, 0.1) is 11.2 Å². The molecule has 1 aromatic carbocycles. The lowest BCUT2D eigenvalue weighted by molar-refractivity contribution is -0.137. The van der Waals surface area contributed by atoms with Gasteiger partial charge >= 0.3 is 12.2 Å². The average molecular weight is 399 g/mol. The van der Waals surface area contributed by atoms with Crippen molar-refractivity contribution >= 4 is 17.8 Å². The van der Waals surface area contributed by atoms with Crippen LogP contribution >= 0.6 is 0 Å². The molecule has 1 atom stereocenters. The van der Waals surface area contributed by atoms with Crippen molar-refractivity contribution in [3.05, 3.63) is 35.4 Å². The number of aliphatic hydroxyl groups is 1. The Balaban J connectivity index is 1.57. The Hall–Kier alpha value is -2.62. The minimum absolute atomic E-state index is 0.0420. The molecule has 2 heterocycles. The van der Waals surface area contributed by atoms with Crippen molar-refractivity contribution in [3.63, 3.8) is 0 Å². The van der Waals surface area contributed by atoms with E-state index in [0.717, 1.165) is 12.1 Å². The number of imide groups is 1. The molecule has 7 nitrogen and oxygen atoms in total. The Labute approximate surface area is 158 Å². The summed E-state index contributed by atoms with van der Waals surface area (Å²) < 4.78 is 38.7. The number of piperidine rings is 1. The molecular weight excluding hydrogens is 379 g/mol. The number of carbonyl (C=O) groups excluding carboxylic acids is 3. The number of nitrogens with one attached hydrogen (secondary N) is 2. The lowest BCUT2D eigenvalue weighted by Gasteiger charge is -2.39. The molecule has 2 fully saturated rings. The van der Waals surface area contributed by atoms with Crippen LogP contribution in [0.4, 0.5) is 18.0 Å². The van der Waals surface area contributed by atoms with Gasteiger partial charge in [0.1, 0.15) is 6.04 Å². The molecule has 3 N–H and O–H groups in total. The zero-order valence-electron chi connectivity index (χ0n) is 14.9. The van der Waals surface area contributed by atoms with Crippen LogP contribution < -0.4 is 10.6 Å². The van der Waals surface area contributed by atoms with E-state index in [-0.39, 0.29) is 50.2 Å². The molecule has 0 bridgehead atoms. The largest absolute Gasteiger partial charge is 0.416 e. The number of urea groups is 1. The van der Waals surface area contributed by atoms with Gasteiger partial charge in [-0.15, -0.1) is 0 Å². The maximum Gasteiger partial charge on any atom is 0.416 e. The van der Waals surface area contributed by atoms with E-state index < -0.39 is 35.3 Å². The fourth-order valence-corrected chi connectivity index (χ4v) is 3.49. The van der Waals surface area contributed by atoms with Crippen molar-refractivity contribution in [2.45, 2.75) is 43.5 Å². The highest BCUT2D eigenvalue weighted by molar-refractivity contribution is 6.04. The second kappa shape index (κ2) is 7.42. The molecule has 28 heavy (non-hydrogen) atoms. The molecule has 0 unspecified atom stereocenters. The number of carbonyl (C=O) groups is 3. The first-order valence-corrected chi connectivity index (χ1v) is 8.88. The fraction of sp³-hybridized carbons (Fsp3) is 0.500. The zero-order valence-corrected chi connectivity index (χ0v) is 14.9. The number of likely N-dealkylation sites (tertiary alicyclic amines) is 1. The first kappa shape index (κ1) is 20.1. The fourth-order valence-electron chi connectivity index (χ4n) is 3.49. The average Bonchev–Trinajstić information content (AvgIpc) is 2.97. The molecule has 0 saturated carbocycles. The molecule has 2 aliphatic rings. The minimum atomic E-state index is -4.50. The molecule has 2 aliphatic heterocycles. The van der Waals surface area contributed by atoms with Gasteiger partial charge in [0.2, 0.25) is 5.91 Å². The van der Waals surface area contributed by atoms with E-state index >= 15 is 0 Å². The lowest BCUT2D eigenvalue weighted by Crippen LogP contribution is -2.45. The highest BCUT2D eigenvalue weighted by Crippen LogP contribution is 2.36. The molecule has 3 rings (SSSR count). The van der Waals surface area contributed by atoms with E-state index in [1.165, 1.54) is 17.0 Å². The van der Waals surface area contributed by atoms with Crippen LogP contribution in [0.5, 0.6) is 0 Å². The van der Waals surface area contributed by atoms with Gasteiger partial charge in [0.25, 0.3) is 5.91 Å². The number of nitrogens with zero attached hydrogens (tertiary/aromatic N) is 1. The van der Waals surface area contributed by atoms with Crippen LogP contribution in [-0.2, 0) is 21.4 Å². The number of benzene rings is 1. The third-order valence-corrected chi connectivity index (χ3v) is 5.18. The Morgan fingerprint density at radius 2 is 1.93 bits per heavy atom. The van der Waals surface area contributed by atoms with E-state index in [1.54, 1.807) is 0 Å². The van der Waals surface area contributed by atoms with E-state index in [0.29, 0.717) is 0 Å². The van der Waals surface area contributed by atoms with Gasteiger partial charge in [0.15, 0.2) is 0 Å². The molecule has 0 aromatic heterocycles. The summed E-state index contributed by atoms with van der Waals surface area (Å²) in [6.45, 7) is 0.379. The van der Waals surface area contributed by atoms with Crippen molar-refractivity contribution in [3.8, 4) is 0 Å². The summed E-state index contributed by atoms with van der Waals surface area (Å²) in [5.74, 6) is -0.713. The SMILES string of the molecule is O=C1NC(=O)[C@H](CCC(=O)N2CCC(O)(c3cccc(C(F)(F)F)c3)CC2)N1. The van der Waals surface area contributed by atoms with Crippen LogP contribution in [0.3, 0.4) is 0 Å². The van der Waals surface area contributed by atoms with E-state index in [4.69, 9.17) is 0 Å². The maximum atomic E-state index is 12.9. The number of hydrogen-bond acceptors (Lipinski definition) is 4. The van der Waals surface area contributed by atoms with E-state index in [9.17, 15) is 32.7 Å². The highest BCUT2D eigenvalue weighted by atomic mass is 19.4. The molecule has 4 amide bonds. The van der Waals surface area contributed by atoms with Crippen molar-refractivity contribution in [2.24, 2.45) is 0 Å². The summed E-state index contributed by atoms with van der Waals surface area (Å²) in [4.78, 5) is 36.4. The summed E-state index contributed by atoms with van der Waals surface area (Å²) in [6.07, 6.45) is -4.07. The van der Waals surface area contributed by atoms with E-state index in [1.807, 2.05) is 0 Å². The van der Waals surface area contributed by atoms with Crippen LogP contribution in [0.25, 0.3) is 0 Å². The van der Waals surface area contributed by atoms with Gasteiger partial charge in [-0.05, 0) is 37.0 Å². The molecule has 2 saturated heterocycles. The molecule has 0 spiro atoms. The molecule has 0 aliphatic carbocycles. The lowest BCUT2D eigenvalue weighted by atomic mass is 9.83. The summed E-state index contributed by atoms with van der Waals surface area (Å²) >= 11 is 0. The van der Waals surface area contributed by atoms with Gasteiger partial charge in [-0.25, -0.2) is 4.79 Å². The quantitative estimate of drug-likeness (QED) is 0.669. The van der Waals surface area contributed by atoms with Crippen molar-refractivity contribution < 1.29 is 32.7 Å². The molecule has 0 radical (unpaired) electrons. The zero-order chi connectivity index (χ0) is 20.5. The van der Waals surface area contributed by atoms with Crippen LogP contribution in [0, 0.1) is 0 Å². The normalized spacial score (nSPS) is 22.0. The Morgan fingerprint density at radius 3 is 2.50 bits per heavy atom. The second-order valence-corrected chi connectivity index (χ2v) is 7.04. The predicted molar refractivity (Wildman–Crippen MR) is 90.9 cm³/mol. The van der Waals surface area contributed by atoms with E-state index in [2.05, 4.69) is 10.6 Å². The third kappa shape index (κ3) is 4.27. The van der Waals surface area contributed by atoms with Gasteiger partial charge in [-0.1, -0.05) is 12.1 Å². The van der Waals surface area contributed by atoms with Crippen LogP contribution in [-0.4, -0.2) is 47.0 Å². The molecule has 10 heteroatoms. The first-order chi connectivity index (χ1) is 13.1. The number of amides is 4. The van der Waals surface area contributed by atoms with Gasteiger partial charge < -0.3 is 15.3 Å². The minimum Gasteiger partial charge on any atom is -0.385 e. The Morgan fingerprint density at radius 1 is 1.25 bits per heavy atom. The summed E-state index contributed by atoms with van der Waals surface area (Å²) in [5, 5.41) is 15.3. The topological polar surface area (TPSA) is 98.7 Å². The number of halogens is 3. The first-order valence-electron chi connectivity index (χ1n) is 8.88. The Kier molecular flexibility index (Phi) is 5.33.